The van der Waals surface area contributed by atoms with Gasteiger partial charge in [0.1, 0.15) is 11.5 Å². The zero-order valence-electron chi connectivity index (χ0n) is 18.1. The smallest absolute Gasteiger partial charge is 0.339 e. The first kappa shape index (κ1) is 22.5. The van der Waals surface area contributed by atoms with Gasteiger partial charge in [0.15, 0.2) is 13.3 Å². The average molecular weight is 460 g/mol. The van der Waals surface area contributed by atoms with Crippen molar-refractivity contribution in [1.29, 1.82) is 0 Å². The number of anilines is 1. The quantitative estimate of drug-likeness (QED) is 0.406. The van der Waals surface area contributed by atoms with E-state index in [0.717, 1.165) is 4.90 Å². The molecule has 1 heterocycles. The molecule has 0 saturated heterocycles. The number of carbonyl (C=O) groups excluding carboxylic acids is 4. The summed E-state index contributed by atoms with van der Waals surface area (Å²) in [5.74, 6) is -1.10. The minimum Gasteiger partial charge on any atom is -0.497 e. The number of nitrogens with one attached hydrogen (secondary N) is 1. The molecule has 1 aliphatic rings. The summed E-state index contributed by atoms with van der Waals surface area (Å²) in [6.45, 7) is -0.728. The Morgan fingerprint density at radius 2 is 1.53 bits per heavy atom. The fraction of sp³-hybridized carbons (Fsp3) is 0.120. The number of hydrogen-bond donors (Lipinski definition) is 1. The number of nitrogens with zero attached hydrogens (tertiary/aromatic N) is 1. The van der Waals surface area contributed by atoms with E-state index in [0.29, 0.717) is 17.2 Å². The van der Waals surface area contributed by atoms with Crippen molar-refractivity contribution in [3.05, 3.63) is 89.5 Å². The van der Waals surface area contributed by atoms with E-state index in [9.17, 15) is 19.2 Å². The molecule has 34 heavy (non-hydrogen) atoms. The van der Waals surface area contributed by atoms with Gasteiger partial charge in [0.2, 0.25) is 0 Å². The molecule has 0 spiro atoms. The van der Waals surface area contributed by atoms with E-state index in [4.69, 9.17) is 14.2 Å². The van der Waals surface area contributed by atoms with Crippen LogP contribution in [-0.2, 0) is 9.53 Å². The molecule has 0 aromatic heterocycles. The lowest BCUT2D eigenvalue weighted by Crippen LogP contribution is -2.33. The summed E-state index contributed by atoms with van der Waals surface area (Å²) in [6.07, 6.45) is 0. The molecule has 9 heteroatoms. The largest absolute Gasteiger partial charge is 0.497 e. The highest BCUT2D eigenvalue weighted by molar-refractivity contribution is 6.21. The Hall–Kier alpha value is -4.66. The van der Waals surface area contributed by atoms with Gasteiger partial charge in [0.05, 0.1) is 23.8 Å². The van der Waals surface area contributed by atoms with Crippen LogP contribution in [0.5, 0.6) is 11.5 Å². The van der Waals surface area contributed by atoms with Crippen LogP contribution in [0.4, 0.5) is 5.69 Å². The number of carbonyl (C=O) groups is 4. The molecule has 9 nitrogen and oxygen atoms in total. The number of amides is 3. The van der Waals surface area contributed by atoms with Gasteiger partial charge in [-0.1, -0.05) is 18.2 Å². The molecule has 4 rings (SSSR count). The van der Waals surface area contributed by atoms with Crippen LogP contribution in [0.2, 0.25) is 0 Å². The van der Waals surface area contributed by atoms with Gasteiger partial charge in [-0.15, -0.1) is 0 Å². The molecule has 1 aliphatic heterocycles. The Kier molecular flexibility index (Phi) is 6.54. The lowest BCUT2D eigenvalue weighted by Gasteiger charge is -2.14. The summed E-state index contributed by atoms with van der Waals surface area (Å²) in [6, 6.07) is 19.3. The second-order valence-electron chi connectivity index (χ2n) is 7.24. The monoisotopic (exact) mass is 460 g/mol. The highest BCUT2D eigenvalue weighted by Crippen LogP contribution is 2.22. The van der Waals surface area contributed by atoms with Gasteiger partial charge >= 0.3 is 5.97 Å². The number of ether oxygens (including phenoxy) is 3. The van der Waals surface area contributed by atoms with Crippen molar-refractivity contribution in [2.24, 2.45) is 0 Å². The van der Waals surface area contributed by atoms with Crippen molar-refractivity contribution >= 4 is 29.4 Å². The Labute approximate surface area is 194 Å². The predicted molar refractivity (Wildman–Crippen MR) is 121 cm³/mol. The van der Waals surface area contributed by atoms with Gasteiger partial charge in [-0.25, -0.2) is 9.69 Å². The first-order valence-electron chi connectivity index (χ1n) is 10.3. The number of imide groups is 1. The normalized spacial score (nSPS) is 12.2. The number of hydrogen-bond acceptors (Lipinski definition) is 7. The SMILES string of the molecule is COc1cccc(NC(=O)COc2ccc(C(=O)OCN3C(=O)c4ccccc4C3=O)cc2)c1. The third kappa shape index (κ3) is 4.88. The van der Waals surface area contributed by atoms with Crippen molar-refractivity contribution in [3.8, 4) is 11.5 Å². The van der Waals surface area contributed by atoms with E-state index in [1.807, 2.05) is 0 Å². The standard InChI is InChI=1S/C25H20N2O7/c1-32-19-6-4-5-17(13-19)26-22(28)14-33-18-11-9-16(10-12-18)25(31)34-15-27-23(29)20-7-2-3-8-21(20)24(27)30/h2-13H,14-15H2,1H3,(H,26,28). The summed E-state index contributed by atoms with van der Waals surface area (Å²) >= 11 is 0. The molecule has 0 radical (unpaired) electrons. The molecule has 0 fully saturated rings. The predicted octanol–water partition coefficient (Wildman–Crippen LogP) is 3.12. The van der Waals surface area contributed by atoms with Crippen LogP contribution >= 0.6 is 0 Å². The molecule has 0 atom stereocenters. The average Bonchev–Trinajstić information content (AvgIpc) is 3.11. The molecule has 0 unspecified atom stereocenters. The first-order valence-corrected chi connectivity index (χ1v) is 10.3. The van der Waals surface area contributed by atoms with Crippen LogP contribution in [0.1, 0.15) is 31.1 Å². The third-order valence-corrected chi connectivity index (χ3v) is 5.02. The molecular formula is C25H20N2O7. The van der Waals surface area contributed by atoms with Crippen LogP contribution in [0.3, 0.4) is 0 Å². The van der Waals surface area contributed by atoms with Crippen LogP contribution < -0.4 is 14.8 Å². The Morgan fingerprint density at radius 3 is 2.18 bits per heavy atom. The topological polar surface area (TPSA) is 111 Å². The van der Waals surface area contributed by atoms with Gasteiger partial charge in [-0.2, -0.15) is 0 Å². The Balaban J connectivity index is 1.27. The zero-order chi connectivity index (χ0) is 24.1. The van der Waals surface area contributed by atoms with Crippen molar-refractivity contribution in [2.45, 2.75) is 0 Å². The van der Waals surface area contributed by atoms with Crippen LogP contribution in [0.15, 0.2) is 72.8 Å². The van der Waals surface area contributed by atoms with Gasteiger partial charge < -0.3 is 19.5 Å². The maximum Gasteiger partial charge on any atom is 0.339 e. The molecule has 3 amide bonds. The van der Waals surface area contributed by atoms with E-state index in [1.54, 1.807) is 48.5 Å². The first-order chi connectivity index (χ1) is 16.5. The van der Waals surface area contributed by atoms with Crippen molar-refractivity contribution in [2.75, 3.05) is 25.8 Å². The Morgan fingerprint density at radius 1 is 0.853 bits per heavy atom. The molecule has 1 N–H and O–H groups in total. The molecule has 172 valence electrons. The van der Waals surface area contributed by atoms with Gasteiger partial charge in [-0.3, -0.25) is 14.4 Å². The van der Waals surface area contributed by atoms with Crippen molar-refractivity contribution in [3.63, 3.8) is 0 Å². The molecule has 0 aliphatic carbocycles. The summed E-state index contributed by atoms with van der Waals surface area (Å²) in [7, 11) is 1.54. The Bertz CT molecular complexity index is 1220. The zero-order valence-corrected chi connectivity index (χ0v) is 18.1. The fourth-order valence-electron chi connectivity index (χ4n) is 3.30. The van der Waals surface area contributed by atoms with E-state index in [2.05, 4.69) is 5.32 Å². The van der Waals surface area contributed by atoms with Crippen LogP contribution in [-0.4, -0.2) is 49.0 Å². The maximum atomic E-state index is 12.3. The molecule has 3 aromatic carbocycles. The fourth-order valence-corrected chi connectivity index (χ4v) is 3.30. The second kappa shape index (κ2) is 9.86. The number of benzene rings is 3. The summed E-state index contributed by atoms with van der Waals surface area (Å²) in [5.41, 5.74) is 1.33. The molecule has 0 saturated carbocycles. The molecular weight excluding hydrogens is 440 g/mol. The van der Waals surface area contributed by atoms with Crippen LogP contribution in [0, 0.1) is 0 Å². The van der Waals surface area contributed by atoms with E-state index >= 15 is 0 Å². The van der Waals surface area contributed by atoms with E-state index in [-0.39, 0.29) is 29.2 Å². The molecule has 0 bridgehead atoms. The van der Waals surface area contributed by atoms with Crippen molar-refractivity contribution in [1.82, 2.24) is 4.90 Å². The summed E-state index contributed by atoms with van der Waals surface area (Å²) < 4.78 is 15.7. The lowest BCUT2D eigenvalue weighted by molar-refractivity contribution is -0.118. The summed E-state index contributed by atoms with van der Waals surface area (Å²) in [4.78, 5) is 50.0. The minimum absolute atomic E-state index is 0.199. The van der Waals surface area contributed by atoms with Crippen LogP contribution in [0.25, 0.3) is 0 Å². The highest BCUT2D eigenvalue weighted by atomic mass is 16.5. The minimum atomic E-state index is -0.709. The van der Waals surface area contributed by atoms with Gasteiger partial charge in [-0.05, 0) is 48.5 Å². The lowest BCUT2D eigenvalue weighted by atomic mass is 10.1. The van der Waals surface area contributed by atoms with E-state index < -0.39 is 24.5 Å². The highest BCUT2D eigenvalue weighted by Gasteiger charge is 2.35. The number of fused-ring (bicyclic) bond motifs is 1. The van der Waals surface area contributed by atoms with Gasteiger partial charge in [0, 0.05) is 11.8 Å². The number of rotatable bonds is 8. The maximum absolute atomic E-state index is 12.3. The summed E-state index contributed by atoms with van der Waals surface area (Å²) in [5, 5.41) is 2.70. The second-order valence-corrected chi connectivity index (χ2v) is 7.24. The number of esters is 1. The van der Waals surface area contributed by atoms with E-state index in [1.165, 1.54) is 31.4 Å². The number of methoxy groups -OCH3 is 1. The van der Waals surface area contributed by atoms with Gasteiger partial charge in [0.25, 0.3) is 17.7 Å². The van der Waals surface area contributed by atoms with Crippen molar-refractivity contribution < 1.29 is 33.4 Å². The molecule has 3 aromatic rings. The third-order valence-electron chi connectivity index (χ3n) is 5.02.